The number of aryl methyl sites for hydroxylation is 2. The minimum atomic E-state index is -0.00559. The molecule has 0 unspecified atom stereocenters. The van der Waals surface area contributed by atoms with Gasteiger partial charge in [0.05, 0.1) is 11.4 Å². The second kappa shape index (κ2) is 6.97. The van der Waals surface area contributed by atoms with Crippen LogP contribution >= 0.6 is 11.3 Å². The molecule has 24 heavy (non-hydrogen) atoms. The van der Waals surface area contributed by atoms with Gasteiger partial charge in [0.2, 0.25) is 11.0 Å². The molecule has 0 aliphatic heterocycles. The molecule has 6 heteroatoms. The lowest BCUT2D eigenvalue weighted by atomic mass is 10.1. The number of hydrogen-bond donors (Lipinski definition) is 1. The first-order valence-corrected chi connectivity index (χ1v) is 8.84. The highest BCUT2D eigenvalue weighted by molar-refractivity contribution is 7.12. The van der Waals surface area contributed by atoms with Crippen molar-refractivity contribution >= 4 is 23.1 Å². The van der Waals surface area contributed by atoms with Crippen molar-refractivity contribution in [2.45, 2.75) is 33.6 Å². The summed E-state index contributed by atoms with van der Waals surface area (Å²) in [6.45, 7) is 5.95. The predicted octanol–water partition coefficient (Wildman–Crippen LogP) is 4.35. The molecular formula is C18H20N4OS. The van der Waals surface area contributed by atoms with Gasteiger partial charge in [-0.15, -0.1) is 11.3 Å². The van der Waals surface area contributed by atoms with Crippen LogP contribution in [0.15, 0.2) is 35.7 Å². The number of benzene rings is 1. The Morgan fingerprint density at radius 3 is 2.71 bits per heavy atom. The maximum absolute atomic E-state index is 11.9. The highest BCUT2D eigenvalue weighted by Crippen LogP contribution is 2.26. The Labute approximate surface area is 145 Å². The van der Waals surface area contributed by atoms with Crippen molar-refractivity contribution in [3.8, 4) is 16.4 Å². The van der Waals surface area contributed by atoms with E-state index < -0.39 is 0 Å². The van der Waals surface area contributed by atoms with Crippen LogP contribution in [0.4, 0.5) is 5.82 Å². The number of anilines is 1. The maximum atomic E-state index is 11.9. The third-order valence-corrected chi connectivity index (χ3v) is 4.41. The zero-order valence-corrected chi connectivity index (χ0v) is 14.9. The van der Waals surface area contributed by atoms with Crippen LogP contribution in [0.5, 0.6) is 0 Å². The summed E-state index contributed by atoms with van der Waals surface area (Å²) in [7, 11) is 0. The molecule has 1 N–H and O–H groups in total. The molecule has 0 fully saturated rings. The lowest BCUT2D eigenvalue weighted by Gasteiger charge is -2.05. The van der Waals surface area contributed by atoms with Crippen LogP contribution in [0, 0.1) is 13.8 Å². The summed E-state index contributed by atoms with van der Waals surface area (Å²) in [5.74, 6) is 0.657. The first kappa shape index (κ1) is 16.4. The van der Waals surface area contributed by atoms with Crippen LogP contribution in [0.1, 0.15) is 31.0 Å². The Morgan fingerprint density at radius 1 is 1.25 bits per heavy atom. The second-order valence-corrected chi connectivity index (χ2v) is 6.60. The summed E-state index contributed by atoms with van der Waals surface area (Å²) < 4.78 is 1.70. The number of thiazole rings is 1. The molecule has 0 saturated carbocycles. The number of carbonyl (C=O) groups is 1. The molecule has 1 aromatic carbocycles. The third kappa shape index (κ3) is 3.54. The Kier molecular flexibility index (Phi) is 4.76. The van der Waals surface area contributed by atoms with E-state index in [4.69, 9.17) is 0 Å². The summed E-state index contributed by atoms with van der Waals surface area (Å²) in [6, 6.07) is 10.1. The zero-order valence-electron chi connectivity index (χ0n) is 14.0. The number of carbonyl (C=O) groups excluding carboxylic acids is 1. The Bertz CT molecular complexity index is 848. The van der Waals surface area contributed by atoms with Crippen LogP contribution in [0.2, 0.25) is 0 Å². The van der Waals surface area contributed by atoms with Crippen molar-refractivity contribution < 1.29 is 4.79 Å². The van der Waals surface area contributed by atoms with Gasteiger partial charge in [-0.2, -0.15) is 9.78 Å². The lowest BCUT2D eigenvalue weighted by molar-refractivity contribution is -0.116. The number of rotatable bonds is 5. The second-order valence-electron chi connectivity index (χ2n) is 5.76. The maximum Gasteiger partial charge on any atom is 0.225 e. The van der Waals surface area contributed by atoms with E-state index in [9.17, 15) is 4.79 Å². The van der Waals surface area contributed by atoms with Gasteiger partial charge in [0.25, 0.3) is 0 Å². The van der Waals surface area contributed by atoms with Crippen molar-refractivity contribution in [2.75, 3.05) is 5.32 Å². The van der Waals surface area contributed by atoms with Crippen LogP contribution in [0.3, 0.4) is 0 Å². The van der Waals surface area contributed by atoms with Gasteiger partial charge < -0.3 is 5.32 Å². The molecule has 0 saturated heterocycles. The molecule has 5 nitrogen and oxygen atoms in total. The Morgan fingerprint density at radius 2 is 2.00 bits per heavy atom. The van der Waals surface area contributed by atoms with Gasteiger partial charge in [-0.3, -0.25) is 4.79 Å². The van der Waals surface area contributed by atoms with E-state index in [1.54, 1.807) is 4.68 Å². The van der Waals surface area contributed by atoms with Crippen molar-refractivity contribution in [3.05, 3.63) is 47.0 Å². The quantitative estimate of drug-likeness (QED) is 0.751. The fourth-order valence-electron chi connectivity index (χ4n) is 2.39. The standard InChI is InChI=1S/C18H20N4OS/c1-4-5-17(23)20-16-10-13(3)21-22(16)18-19-15(11-24-18)14-8-6-12(2)7-9-14/h6-11H,4-5H2,1-3H3,(H,20,23). The highest BCUT2D eigenvalue weighted by atomic mass is 32.1. The van der Waals surface area contributed by atoms with Crippen molar-refractivity contribution in [3.63, 3.8) is 0 Å². The van der Waals surface area contributed by atoms with Gasteiger partial charge in [0, 0.05) is 23.4 Å². The van der Waals surface area contributed by atoms with E-state index in [2.05, 4.69) is 46.6 Å². The van der Waals surface area contributed by atoms with Crippen LogP contribution in [0.25, 0.3) is 16.4 Å². The molecule has 2 aromatic heterocycles. The van der Waals surface area contributed by atoms with Gasteiger partial charge in [-0.05, 0) is 20.3 Å². The normalized spacial score (nSPS) is 10.8. The molecule has 0 bridgehead atoms. The van der Waals surface area contributed by atoms with Gasteiger partial charge in [-0.1, -0.05) is 36.8 Å². The summed E-state index contributed by atoms with van der Waals surface area (Å²) in [5, 5.41) is 10.1. The first-order valence-electron chi connectivity index (χ1n) is 7.96. The van der Waals surface area contributed by atoms with Crippen molar-refractivity contribution in [1.82, 2.24) is 14.8 Å². The Balaban J connectivity index is 1.90. The van der Waals surface area contributed by atoms with E-state index >= 15 is 0 Å². The van der Waals surface area contributed by atoms with Crippen molar-refractivity contribution in [2.24, 2.45) is 0 Å². The lowest BCUT2D eigenvalue weighted by Crippen LogP contribution is -2.14. The van der Waals surface area contributed by atoms with E-state index in [0.29, 0.717) is 12.2 Å². The molecule has 1 amide bonds. The van der Waals surface area contributed by atoms with Gasteiger partial charge in [-0.25, -0.2) is 4.98 Å². The van der Waals surface area contributed by atoms with Gasteiger partial charge in [0.1, 0.15) is 5.82 Å². The molecule has 0 spiro atoms. The van der Waals surface area contributed by atoms with Gasteiger partial charge >= 0.3 is 0 Å². The average Bonchev–Trinajstić information content (AvgIpc) is 3.15. The fraction of sp³-hybridized carbons (Fsp3) is 0.278. The molecule has 0 radical (unpaired) electrons. The molecular weight excluding hydrogens is 320 g/mol. The number of aromatic nitrogens is 3. The molecule has 3 aromatic rings. The number of nitrogens with zero attached hydrogens (tertiary/aromatic N) is 3. The SMILES string of the molecule is CCCC(=O)Nc1cc(C)nn1-c1nc(-c2ccc(C)cc2)cs1. The van der Waals surface area contributed by atoms with Crippen LogP contribution in [-0.2, 0) is 4.79 Å². The monoisotopic (exact) mass is 340 g/mol. The largest absolute Gasteiger partial charge is 0.311 e. The third-order valence-electron chi connectivity index (χ3n) is 3.60. The summed E-state index contributed by atoms with van der Waals surface area (Å²) in [6.07, 6.45) is 1.31. The predicted molar refractivity (Wildman–Crippen MR) is 97.7 cm³/mol. The zero-order chi connectivity index (χ0) is 17.1. The van der Waals surface area contributed by atoms with Crippen LogP contribution < -0.4 is 5.32 Å². The number of nitrogens with one attached hydrogen (secondary N) is 1. The minimum Gasteiger partial charge on any atom is -0.311 e. The molecule has 3 rings (SSSR count). The van der Waals surface area contributed by atoms with E-state index in [1.807, 2.05) is 25.3 Å². The summed E-state index contributed by atoms with van der Waals surface area (Å²) in [5.41, 5.74) is 4.05. The Hall–Kier alpha value is -2.47. The average molecular weight is 340 g/mol. The molecule has 0 atom stereocenters. The molecule has 124 valence electrons. The summed E-state index contributed by atoms with van der Waals surface area (Å²) >= 11 is 1.51. The topological polar surface area (TPSA) is 59.8 Å². The van der Waals surface area contributed by atoms with Crippen LogP contribution in [-0.4, -0.2) is 20.7 Å². The number of hydrogen-bond acceptors (Lipinski definition) is 4. The molecule has 0 aliphatic carbocycles. The van der Waals surface area contributed by atoms with E-state index in [1.165, 1.54) is 16.9 Å². The van der Waals surface area contributed by atoms with Gasteiger partial charge in [0.15, 0.2) is 0 Å². The molecule has 0 aliphatic rings. The fourth-order valence-corrected chi connectivity index (χ4v) is 3.18. The van der Waals surface area contributed by atoms with Crippen molar-refractivity contribution in [1.29, 1.82) is 0 Å². The van der Waals surface area contributed by atoms with E-state index in [0.717, 1.165) is 28.5 Å². The summed E-state index contributed by atoms with van der Waals surface area (Å²) in [4.78, 5) is 16.6. The highest BCUT2D eigenvalue weighted by Gasteiger charge is 2.14. The minimum absolute atomic E-state index is 0.00559. The molecule has 2 heterocycles. The smallest absolute Gasteiger partial charge is 0.225 e. The number of amides is 1. The first-order chi connectivity index (χ1) is 11.6. The van der Waals surface area contributed by atoms with E-state index in [-0.39, 0.29) is 5.91 Å².